The van der Waals surface area contributed by atoms with Crippen molar-refractivity contribution in [1.29, 1.82) is 0 Å². The number of hydrogen-bond donors (Lipinski definition) is 2. The van der Waals surface area contributed by atoms with Crippen LogP contribution in [0.25, 0.3) is 11.0 Å². The number of aromatic nitrogens is 2. The molecule has 0 unspecified atom stereocenters. The maximum absolute atomic E-state index is 5.54. The number of fused-ring (bicyclic) bond motifs is 1. The second-order valence-corrected chi connectivity index (χ2v) is 2.99. The molecule has 0 saturated carbocycles. The van der Waals surface area contributed by atoms with Gasteiger partial charge in [0.05, 0.1) is 11.0 Å². The van der Waals surface area contributed by atoms with Gasteiger partial charge in [-0.25, -0.2) is 9.97 Å². The lowest BCUT2D eigenvalue weighted by Gasteiger charge is -2.01. The molecule has 0 bridgehead atoms. The summed E-state index contributed by atoms with van der Waals surface area (Å²) >= 11 is 0. The molecular weight excluding hydrogens is 164 g/mol. The summed E-state index contributed by atoms with van der Waals surface area (Å²) in [5.74, 6) is 0.578. The van der Waals surface area contributed by atoms with E-state index < -0.39 is 0 Å². The summed E-state index contributed by atoms with van der Waals surface area (Å²) in [6.45, 7) is 1.99. The van der Waals surface area contributed by atoms with Gasteiger partial charge in [0, 0.05) is 0 Å². The Hall–Kier alpha value is -1.84. The summed E-state index contributed by atoms with van der Waals surface area (Å²) in [7, 11) is 0. The van der Waals surface area contributed by atoms with Gasteiger partial charge in [0.15, 0.2) is 11.6 Å². The zero-order chi connectivity index (χ0) is 9.42. The normalized spacial score (nSPS) is 10.5. The Morgan fingerprint density at radius 1 is 1.00 bits per heavy atom. The van der Waals surface area contributed by atoms with Crippen LogP contribution in [-0.2, 0) is 0 Å². The Morgan fingerprint density at radius 2 is 1.62 bits per heavy atom. The van der Waals surface area contributed by atoms with Gasteiger partial charge in [-0.3, -0.25) is 0 Å². The highest BCUT2D eigenvalue weighted by Gasteiger charge is 2.01. The lowest BCUT2D eigenvalue weighted by molar-refractivity contribution is 1.30. The highest BCUT2D eigenvalue weighted by atomic mass is 15.0. The van der Waals surface area contributed by atoms with Crippen LogP contribution in [-0.4, -0.2) is 9.97 Å². The van der Waals surface area contributed by atoms with Crippen molar-refractivity contribution in [1.82, 2.24) is 9.97 Å². The minimum absolute atomic E-state index is 0.288. The van der Waals surface area contributed by atoms with Gasteiger partial charge in [-0.2, -0.15) is 0 Å². The molecular formula is C9H10N4. The number of hydrogen-bond acceptors (Lipinski definition) is 4. The van der Waals surface area contributed by atoms with E-state index in [9.17, 15) is 0 Å². The van der Waals surface area contributed by atoms with Gasteiger partial charge in [-0.05, 0) is 24.6 Å². The monoisotopic (exact) mass is 174 g/mol. The van der Waals surface area contributed by atoms with E-state index in [1.165, 1.54) is 0 Å². The lowest BCUT2D eigenvalue weighted by atomic mass is 10.2. The zero-order valence-electron chi connectivity index (χ0n) is 7.28. The molecule has 0 aliphatic rings. The van der Waals surface area contributed by atoms with E-state index in [-0.39, 0.29) is 11.6 Å². The minimum atomic E-state index is 0.288. The third-order valence-electron chi connectivity index (χ3n) is 1.88. The predicted molar refractivity (Wildman–Crippen MR) is 53.1 cm³/mol. The molecule has 4 nitrogen and oxygen atoms in total. The Kier molecular flexibility index (Phi) is 1.55. The molecule has 0 fully saturated rings. The van der Waals surface area contributed by atoms with Crippen LogP contribution in [0.1, 0.15) is 5.56 Å². The maximum atomic E-state index is 5.54. The minimum Gasteiger partial charge on any atom is -0.381 e. The van der Waals surface area contributed by atoms with Crippen LogP contribution in [0.2, 0.25) is 0 Å². The number of benzene rings is 1. The molecule has 0 amide bonds. The van der Waals surface area contributed by atoms with Crippen molar-refractivity contribution >= 4 is 22.7 Å². The van der Waals surface area contributed by atoms with E-state index >= 15 is 0 Å². The van der Waals surface area contributed by atoms with Gasteiger partial charge in [0.25, 0.3) is 0 Å². The highest BCUT2D eigenvalue weighted by molar-refractivity contribution is 5.79. The van der Waals surface area contributed by atoms with Crippen LogP contribution < -0.4 is 11.5 Å². The van der Waals surface area contributed by atoms with E-state index in [0.717, 1.165) is 16.6 Å². The fourth-order valence-electron chi connectivity index (χ4n) is 1.19. The molecule has 0 saturated heterocycles. The number of nitrogens with zero attached hydrogens (tertiary/aromatic N) is 2. The highest BCUT2D eigenvalue weighted by Crippen LogP contribution is 2.16. The van der Waals surface area contributed by atoms with Crippen LogP contribution in [0.5, 0.6) is 0 Å². The van der Waals surface area contributed by atoms with Gasteiger partial charge in [0.2, 0.25) is 0 Å². The van der Waals surface area contributed by atoms with E-state index in [2.05, 4.69) is 9.97 Å². The first-order valence-electron chi connectivity index (χ1n) is 3.96. The first kappa shape index (κ1) is 7.79. The average molecular weight is 174 g/mol. The van der Waals surface area contributed by atoms with Crippen molar-refractivity contribution in [3.05, 3.63) is 23.8 Å². The molecule has 66 valence electrons. The number of nitrogen functional groups attached to an aromatic ring is 2. The third-order valence-corrected chi connectivity index (χ3v) is 1.88. The molecule has 13 heavy (non-hydrogen) atoms. The first-order chi connectivity index (χ1) is 6.16. The first-order valence-corrected chi connectivity index (χ1v) is 3.96. The molecule has 4 N–H and O–H groups in total. The van der Waals surface area contributed by atoms with E-state index in [1.54, 1.807) is 0 Å². The molecule has 2 aromatic rings. The zero-order valence-corrected chi connectivity index (χ0v) is 7.28. The smallest absolute Gasteiger partial charge is 0.166 e. The molecule has 0 radical (unpaired) electrons. The summed E-state index contributed by atoms with van der Waals surface area (Å²) in [5.41, 5.74) is 13.8. The van der Waals surface area contributed by atoms with Gasteiger partial charge >= 0.3 is 0 Å². The lowest BCUT2D eigenvalue weighted by Crippen LogP contribution is -2.01. The van der Waals surface area contributed by atoms with Crippen molar-refractivity contribution in [3.8, 4) is 0 Å². The number of rotatable bonds is 0. The van der Waals surface area contributed by atoms with Crippen LogP contribution in [0.15, 0.2) is 18.2 Å². The molecule has 0 atom stereocenters. The van der Waals surface area contributed by atoms with Crippen molar-refractivity contribution in [2.75, 3.05) is 11.5 Å². The topological polar surface area (TPSA) is 77.8 Å². The molecule has 1 aromatic heterocycles. The Balaban J connectivity index is 2.81. The van der Waals surface area contributed by atoms with Crippen molar-refractivity contribution in [2.45, 2.75) is 6.92 Å². The van der Waals surface area contributed by atoms with Crippen LogP contribution in [0.3, 0.4) is 0 Å². The summed E-state index contributed by atoms with van der Waals surface area (Å²) < 4.78 is 0. The predicted octanol–water partition coefficient (Wildman–Crippen LogP) is 1.10. The SMILES string of the molecule is Cc1ccc2nc(N)c(N)nc2c1. The summed E-state index contributed by atoms with van der Waals surface area (Å²) in [6.07, 6.45) is 0. The number of nitrogens with two attached hydrogens (primary N) is 2. The molecule has 2 rings (SSSR count). The fraction of sp³-hybridized carbons (Fsp3) is 0.111. The largest absolute Gasteiger partial charge is 0.381 e. The summed E-state index contributed by atoms with van der Waals surface area (Å²) in [6, 6.07) is 5.78. The molecule has 0 aliphatic carbocycles. The van der Waals surface area contributed by atoms with Crippen LogP contribution in [0.4, 0.5) is 11.6 Å². The maximum Gasteiger partial charge on any atom is 0.166 e. The van der Waals surface area contributed by atoms with Crippen LogP contribution in [0, 0.1) is 6.92 Å². The van der Waals surface area contributed by atoms with Gasteiger partial charge in [-0.15, -0.1) is 0 Å². The van der Waals surface area contributed by atoms with Crippen molar-refractivity contribution in [2.24, 2.45) is 0 Å². The summed E-state index contributed by atoms with van der Waals surface area (Å²) in [5, 5.41) is 0. The Labute approximate surface area is 75.6 Å². The molecule has 0 aliphatic heterocycles. The van der Waals surface area contributed by atoms with E-state index in [0.29, 0.717) is 0 Å². The number of anilines is 2. The summed E-state index contributed by atoms with van der Waals surface area (Å²) in [4.78, 5) is 8.23. The van der Waals surface area contributed by atoms with Crippen molar-refractivity contribution < 1.29 is 0 Å². The average Bonchev–Trinajstić information content (AvgIpc) is 2.08. The van der Waals surface area contributed by atoms with Gasteiger partial charge in [0.1, 0.15) is 0 Å². The fourth-order valence-corrected chi connectivity index (χ4v) is 1.19. The van der Waals surface area contributed by atoms with E-state index in [1.807, 2.05) is 25.1 Å². The molecule has 1 aromatic carbocycles. The van der Waals surface area contributed by atoms with E-state index in [4.69, 9.17) is 11.5 Å². The third kappa shape index (κ3) is 1.26. The Bertz CT molecular complexity index is 464. The molecule has 4 heteroatoms. The van der Waals surface area contributed by atoms with Crippen molar-refractivity contribution in [3.63, 3.8) is 0 Å². The standard InChI is InChI=1S/C9H10N4/c1-5-2-3-6-7(4-5)13-9(11)8(10)12-6/h2-4H,1H3,(H2,10,12)(H2,11,13). The van der Waals surface area contributed by atoms with Gasteiger partial charge in [-0.1, -0.05) is 6.07 Å². The molecule has 0 spiro atoms. The quantitative estimate of drug-likeness (QED) is 0.627. The van der Waals surface area contributed by atoms with Gasteiger partial charge < -0.3 is 11.5 Å². The van der Waals surface area contributed by atoms with Crippen LogP contribution >= 0.6 is 0 Å². The number of aryl methyl sites for hydroxylation is 1. The Morgan fingerprint density at radius 3 is 2.31 bits per heavy atom. The second-order valence-electron chi connectivity index (χ2n) is 2.99. The second kappa shape index (κ2) is 2.58. The molecule has 1 heterocycles.